The average molecular weight is 367 g/mol. The standard InChI is InChI=1S/C20H25N5O2/c1-21-14-5-7-15(8-6-14)24-20-19-17(22-13-23-20)11-16(12-18(19)26-4)27-10-9-25(2)3/h5-8,11-13,21H,9-10H2,1-4H3,(H,22,23,24). The van der Waals surface area contributed by atoms with Gasteiger partial charge in [-0.05, 0) is 38.4 Å². The molecule has 27 heavy (non-hydrogen) atoms. The van der Waals surface area contributed by atoms with Crippen molar-refractivity contribution in [3.63, 3.8) is 0 Å². The number of methoxy groups -OCH3 is 1. The van der Waals surface area contributed by atoms with Crippen LogP contribution in [0.3, 0.4) is 0 Å². The van der Waals surface area contributed by atoms with E-state index in [1.165, 1.54) is 6.33 Å². The van der Waals surface area contributed by atoms with Crippen LogP contribution in [0.1, 0.15) is 0 Å². The smallest absolute Gasteiger partial charge is 0.145 e. The molecule has 2 N–H and O–H groups in total. The molecule has 3 rings (SSSR count). The first-order valence-electron chi connectivity index (χ1n) is 8.76. The first-order chi connectivity index (χ1) is 13.1. The summed E-state index contributed by atoms with van der Waals surface area (Å²) in [5.74, 6) is 2.08. The SMILES string of the molecule is CNc1ccc(Nc2ncnc3cc(OCCN(C)C)cc(OC)c23)cc1. The Hall–Kier alpha value is -3.06. The zero-order valence-electron chi connectivity index (χ0n) is 16.1. The van der Waals surface area contributed by atoms with Crippen molar-refractivity contribution in [3.8, 4) is 11.5 Å². The van der Waals surface area contributed by atoms with Gasteiger partial charge in [-0.15, -0.1) is 0 Å². The molecule has 1 heterocycles. The Balaban J connectivity index is 1.91. The summed E-state index contributed by atoms with van der Waals surface area (Å²) in [5, 5.41) is 7.27. The van der Waals surface area contributed by atoms with E-state index in [4.69, 9.17) is 9.47 Å². The van der Waals surface area contributed by atoms with Gasteiger partial charge in [0.1, 0.15) is 30.3 Å². The lowest BCUT2D eigenvalue weighted by atomic mass is 10.2. The fourth-order valence-corrected chi connectivity index (χ4v) is 2.67. The van der Waals surface area contributed by atoms with E-state index in [0.717, 1.165) is 34.6 Å². The fourth-order valence-electron chi connectivity index (χ4n) is 2.67. The number of fused-ring (bicyclic) bond motifs is 1. The van der Waals surface area contributed by atoms with Crippen molar-refractivity contribution >= 4 is 28.1 Å². The number of hydrogen-bond donors (Lipinski definition) is 2. The molecule has 0 aliphatic rings. The molecule has 7 nitrogen and oxygen atoms in total. The first kappa shape index (κ1) is 18.7. The maximum Gasteiger partial charge on any atom is 0.145 e. The topological polar surface area (TPSA) is 71.5 Å². The highest BCUT2D eigenvalue weighted by Crippen LogP contribution is 2.35. The fraction of sp³-hybridized carbons (Fsp3) is 0.300. The number of aromatic nitrogens is 2. The number of rotatable bonds is 8. The maximum absolute atomic E-state index is 5.84. The molecule has 0 saturated carbocycles. The third kappa shape index (κ3) is 4.57. The van der Waals surface area contributed by atoms with Crippen LogP contribution in [0, 0.1) is 0 Å². The van der Waals surface area contributed by atoms with Gasteiger partial charge < -0.3 is 25.0 Å². The number of nitrogens with zero attached hydrogens (tertiary/aromatic N) is 3. The van der Waals surface area contributed by atoms with Gasteiger partial charge in [0.15, 0.2) is 0 Å². The summed E-state index contributed by atoms with van der Waals surface area (Å²) in [4.78, 5) is 10.9. The van der Waals surface area contributed by atoms with Gasteiger partial charge in [-0.1, -0.05) is 0 Å². The Morgan fingerprint density at radius 1 is 1.04 bits per heavy atom. The highest BCUT2D eigenvalue weighted by molar-refractivity contribution is 5.96. The zero-order valence-corrected chi connectivity index (χ0v) is 16.1. The summed E-state index contributed by atoms with van der Waals surface area (Å²) in [5.41, 5.74) is 2.74. The van der Waals surface area contributed by atoms with Gasteiger partial charge in [-0.3, -0.25) is 0 Å². The van der Waals surface area contributed by atoms with Crippen LogP contribution >= 0.6 is 0 Å². The molecule has 7 heteroatoms. The molecular formula is C20H25N5O2. The average Bonchev–Trinajstić information content (AvgIpc) is 2.67. The van der Waals surface area contributed by atoms with Crippen LogP contribution in [0.2, 0.25) is 0 Å². The monoisotopic (exact) mass is 367 g/mol. The third-order valence-electron chi connectivity index (χ3n) is 4.14. The number of likely N-dealkylation sites (N-methyl/N-ethyl adjacent to an activating group) is 1. The van der Waals surface area contributed by atoms with Crippen molar-refractivity contribution in [2.24, 2.45) is 0 Å². The van der Waals surface area contributed by atoms with Crippen LogP contribution in [0.4, 0.5) is 17.2 Å². The van der Waals surface area contributed by atoms with Crippen LogP contribution in [0.15, 0.2) is 42.7 Å². The largest absolute Gasteiger partial charge is 0.496 e. The number of nitrogens with one attached hydrogen (secondary N) is 2. The van der Waals surface area contributed by atoms with Crippen molar-refractivity contribution in [2.75, 3.05) is 52.0 Å². The van der Waals surface area contributed by atoms with Crippen LogP contribution < -0.4 is 20.1 Å². The van der Waals surface area contributed by atoms with E-state index in [9.17, 15) is 0 Å². The molecule has 0 aliphatic heterocycles. The Labute approximate surface area is 159 Å². The molecule has 0 spiro atoms. The molecule has 0 saturated heterocycles. The summed E-state index contributed by atoms with van der Waals surface area (Å²) in [7, 11) is 7.55. The summed E-state index contributed by atoms with van der Waals surface area (Å²) < 4.78 is 11.4. The molecule has 0 amide bonds. The van der Waals surface area contributed by atoms with Crippen LogP contribution in [-0.2, 0) is 0 Å². The maximum atomic E-state index is 5.84. The summed E-state index contributed by atoms with van der Waals surface area (Å²) in [6.07, 6.45) is 1.54. The molecule has 142 valence electrons. The summed E-state index contributed by atoms with van der Waals surface area (Å²) >= 11 is 0. The molecule has 3 aromatic rings. The molecule has 0 bridgehead atoms. The Bertz CT molecular complexity index is 897. The van der Waals surface area contributed by atoms with Gasteiger partial charge in [0, 0.05) is 37.1 Å². The number of benzene rings is 2. The molecule has 0 unspecified atom stereocenters. The van der Waals surface area contributed by atoms with Crippen molar-refractivity contribution in [1.29, 1.82) is 0 Å². The van der Waals surface area contributed by atoms with Crippen LogP contribution in [0.25, 0.3) is 10.9 Å². The van der Waals surface area contributed by atoms with Crippen molar-refractivity contribution in [1.82, 2.24) is 14.9 Å². The predicted octanol–water partition coefficient (Wildman–Crippen LogP) is 3.36. The minimum absolute atomic E-state index is 0.593. The molecule has 0 aliphatic carbocycles. The second-order valence-electron chi connectivity index (χ2n) is 6.35. The molecule has 2 aromatic carbocycles. The van der Waals surface area contributed by atoms with Gasteiger partial charge in [0.05, 0.1) is 18.0 Å². The minimum Gasteiger partial charge on any atom is -0.496 e. The van der Waals surface area contributed by atoms with Gasteiger partial charge in [-0.2, -0.15) is 0 Å². The molecule has 0 radical (unpaired) electrons. The quantitative estimate of drug-likeness (QED) is 0.632. The normalized spacial score (nSPS) is 10.9. The number of hydrogen-bond acceptors (Lipinski definition) is 7. The lowest BCUT2D eigenvalue weighted by Gasteiger charge is -2.15. The lowest BCUT2D eigenvalue weighted by Crippen LogP contribution is -2.19. The highest BCUT2D eigenvalue weighted by Gasteiger charge is 2.13. The molecule has 0 fully saturated rings. The second kappa shape index (κ2) is 8.55. The zero-order chi connectivity index (χ0) is 19.2. The van der Waals surface area contributed by atoms with Crippen LogP contribution in [-0.4, -0.2) is 56.3 Å². The van der Waals surface area contributed by atoms with E-state index in [1.54, 1.807) is 7.11 Å². The number of anilines is 3. The van der Waals surface area contributed by atoms with Crippen LogP contribution in [0.5, 0.6) is 11.5 Å². The van der Waals surface area contributed by atoms with E-state index < -0.39 is 0 Å². The summed E-state index contributed by atoms with van der Waals surface area (Å²) in [6.45, 7) is 1.43. The van der Waals surface area contributed by atoms with Crippen molar-refractivity contribution in [2.45, 2.75) is 0 Å². The van der Waals surface area contributed by atoms with Gasteiger partial charge >= 0.3 is 0 Å². The van der Waals surface area contributed by atoms with Gasteiger partial charge in [-0.25, -0.2) is 9.97 Å². The number of ether oxygens (including phenoxy) is 2. The second-order valence-corrected chi connectivity index (χ2v) is 6.35. The Morgan fingerprint density at radius 2 is 1.78 bits per heavy atom. The Kier molecular flexibility index (Phi) is 5.93. The van der Waals surface area contributed by atoms with Gasteiger partial charge in [0.25, 0.3) is 0 Å². The van der Waals surface area contributed by atoms with E-state index in [-0.39, 0.29) is 0 Å². The first-order valence-corrected chi connectivity index (χ1v) is 8.76. The predicted molar refractivity (Wildman–Crippen MR) is 109 cm³/mol. The lowest BCUT2D eigenvalue weighted by molar-refractivity contribution is 0.260. The van der Waals surface area contributed by atoms with E-state index >= 15 is 0 Å². The molecule has 1 aromatic heterocycles. The Morgan fingerprint density at radius 3 is 2.44 bits per heavy atom. The summed E-state index contributed by atoms with van der Waals surface area (Å²) in [6, 6.07) is 11.8. The molecular weight excluding hydrogens is 342 g/mol. The third-order valence-corrected chi connectivity index (χ3v) is 4.14. The minimum atomic E-state index is 0.593. The highest BCUT2D eigenvalue weighted by atomic mass is 16.5. The molecule has 0 atom stereocenters. The van der Waals surface area contributed by atoms with E-state index in [1.807, 2.05) is 57.5 Å². The van der Waals surface area contributed by atoms with E-state index in [2.05, 4.69) is 25.5 Å². The van der Waals surface area contributed by atoms with Crippen molar-refractivity contribution < 1.29 is 9.47 Å². The van der Waals surface area contributed by atoms with E-state index in [0.29, 0.717) is 18.2 Å². The van der Waals surface area contributed by atoms with Crippen molar-refractivity contribution in [3.05, 3.63) is 42.7 Å². The van der Waals surface area contributed by atoms with Gasteiger partial charge in [0.2, 0.25) is 0 Å².